The first-order valence-corrected chi connectivity index (χ1v) is 19.4. The van der Waals surface area contributed by atoms with Gasteiger partial charge in [0, 0.05) is 5.56 Å². The van der Waals surface area contributed by atoms with Gasteiger partial charge in [0.05, 0.1) is 19.8 Å². The quantitative estimate of drug-likeness (QED) is 0.0864. The molecule has 4 rings (SSSR count). The molecule has 2 unspecified atom stereocenters. The lowest BCUT2D eigenvalue weighted by Gasteiger charge is -2.41. The molecule has 2 aromatic heterocycles. The van der Waals surface area contributed by atoms with Crippen molar-refractivity contribution in [3.05, 3.63) is 46.8 Å². The van der Waals surface area contributed by atoms with Gasteiger partial charge >= 0.3 is 24.0 Å². The van der Waals surface area contributed by atoms with Crippen LogP contribution >= 0.6 is 0 Å². The molecule has 1 aliphatic rings. The normalized spacial score (nSPS) is 18.5. The number of aromatic amines is 1. The predicted octanol–water partition coefficient (Wildman–Crippen LogP) is 8.67. The molecule has 1 aromatic carbocycles. The zero-order chi connectivity index (χ0) is 39.6. The number of hydrogen-bond acceptors (Lipinski definition) is 9. The number of aromatic nitrogens is 3. The lowest BCUT2D eigenvalue weighted by Crippen LogP contribution is -2.42. The Hall–Kier alpha value is -4.86. The second-order valence-corrected chi connectivity index (χ2v) is 15.3. The molecule has 0 saturated heterocycles. The first-order chi connectivity index (χ1) is 25.8. The largest absolute Gasteiger partial charge is 0.465 e. The van der Waals surface area contributed by atoms with Crippen LogP contribution in [0.3, 0.4) is 0 Å². The fourth-order valence-corrected chi connectivity index (χ4v) is 7.33. The summed E-state index contributed by atoms with van der Waals surface area (Å²) in [7, 11) is 0. The molecule has 1 saturated carbocycles. The Bertz CT molecular complexity index is 1760. The van der Waals surface area contributed by atoms with Crippen molar-refractivity contribution < 1.29 is 38.1 Å². The molecule has 1 aliphatic carbocycles. The maximum atomic E-state index is 14.5. The maximum Gasteiger partial charge on any atom is 0.416 e. The van der Waals surface area contributed by atoms with Gasteiger partial charge in [-0.15, -0.1) is 0 Å². The number of amides is 1. The molecule has 2 atom stereocenters. The van der Waals surface area contributed by atoms with Crippen LogP contribution in [-0.4, -0.2) is 75.9 Å². The number of nitrogens with zero attached hydrogens (tertiary/aromatic N) is 4. The van der Waals surface area contributed by atoms with Crippen molar-refractivity contribution in [3.8, 4) is 17.3 Å². The Balaban J connectivity index is 1.83. The highest BCUT2D eigenvalue weighted by atomic mass is 16.6. The smallest absolute Gasteiger partial charge is 0.416 e. The Morgan fingerprint density at radius 3 is 1.96 bits per heavy atom. The molecule has 3 aromatic rings. The number of ether oxygens (including phenoxy) is 4. The Kier molecular flexibility index (Phi) is 14.7. The third-order valence-electron chi connectivity index (χ3n) is 9.99. The SMILES string of the molecule is [C-]#[N+]c1c(C(=O)OC2C(CCCC)CC(C)CC2CCCC)c2nc(-c3ccc(C(C)(C)C)cc3)[nH]n2c1OC(=O)N(CC(=O)OCC)CC(=O)OCC. The van der Waals surface area contributed by atoms with E-state index in [0.717, 1.165) is 61.8 Å². The van der Waals surface area contributed by atoms with Crippen molar-refractivity contribution >= 4 is 35.3 Å². The van der Waals surface area contributed by atoms with E-state index < -0.39 is 37.1 Å². The molecule has 1 amide bonds. The molecule has 294 valence electrons. The van der Waals surface area contributed by atoms with Crippen LogP contribution in [0.4, 0.5) is 10.5 Å². The Morgan fingerprint density at radius 1 is 0.926 bits per heavy atom. The summed E-state index contributed by atoms with van der Waals surface area (Å²) in [4.78, 5) is 62.4. The van der Waals surface area contributed by atoms with Crippen molar-refractivity contribution in [2.75, 3.05) is 26.3 Å². The summed E-state index contributed by atoms with van der Waals surface area (Å²) < 4.78 is 23.6. The number of rotatable bonds is 16. The van der Waals surface area contributed by atoms with Crippen molar-refractivity contribution in [1.82, 2.24) is 19.5 Å². The molecule has 0 spiro atoms. The van der Waals surface area contributed by atoms with Gasteiger partial charge in [-0.3, -0.25) is 19.6 Å². The van der Waals surface area contributed by atoms with Crippen molar-refractivity contribution in [3.63, 3.8) is 0 Å². The fourth-order valence-electron chi connectivity index (χ4n) is 7.33. The van der Waals surface area contributed by atoms with Gasteiger partial charge in [-0.25, -0.2) is 23.9 Å². The van der Waals surface area contributed by atoms with E-state index in [0.29, 0.717) is 17.3 Å². The average molecular weight is 748 g/mol. The predicted molar refractivity (Wildman–Crippen MR) is 204 cm³/mol. The van der Waals surface area contributed by atoms with E-state index in [1.807, 2.05) is 24.3 Å². The highest BCUT2D eigenvalue weighted by Crippen LogP contribution is 2.43. The zero-order valence-corrected chi connectivity index (χ0v) is 33.2. The number of carbonyl (C=O) groups excluding carboxylic acids is 4. The van der Waals surface area contributed by atoms with Gasteiger partial charge in [0.15, 0.2) is 11.5 Å². The number of H-pyrrole nitrogens is 1. The number of nitrogens with one attached hydrogen (secondary N) is 1. The minimum Gasteiger partial charge on any atom is -0.465 e. The molecule has 1 N–H and O–H groups in total. The molecule has 2 heterocycles. The van der Waals surface area contributed by atoms with Gasteiger partial charge in [0.1, 0.15) is 24.8 Å². The van der Waals surface area contributed by atoms with E-state index in [2.05, 4.69) is 51.5 Å². The van der Waals surface area contributed by atoms with Gasteiger partial charge in [0.2, 0.25) is 5.88 Å². The fraction of sp³-hybridized carbons (Fsp3) is 0.610. The van der Waals surface area contributed by atoms with Gasteiger partial charge in [-0.05, 0) is 68.3 Å². The number of carbonyl (C=O) groups is 4. The van der Waals surface area contributed by atoms with E-state index in [1.54, 1.807) is 13.8 Å². The van der Waals surface area contributed by atoms with Gasteiger partial charge in [-0.1, -0.05) is 91.5 Å². The summed E-state index contributed by atoms with van der Waals surface area (Å²) in [6.45, 7) is 23.2. The summed E-state index contributed by atoms with van der Waals surface area (Å²) in [6, 6.07) is 7.79. The maximum absolute atomic E-state index is 14.5. The third kappa shape index (κ3) is 10.2. The van der Waals surface area contributed by atoms with E-state index in [1.165, 1.54) is 4.52 Å². The summed E-state index contributed by atoms with van der Waals surface area (Å²) >= 11 is 0. The van der Waals surface area contributed by atoms with E-state index in [-0.39, 0.29) is 59.3 Å². The van der Waals surface area contributed by atoms with E-state index >= 15 is 0 Å². The minimum absolute atomic E-state index is 0.0467. The van der Waals surface area contributed by atoms with E-state index in [9.17, 15) is 19.2 Å². The third-order valence-corrected chi connectivity index (χ3v) is 9.99. The standard InChI is InChI=1S/C41H57N5O8/c1-10-14-16-28-22-26(5)23-29(17-15-11-2)35(28)53-39(49)33-34(42-9)38(54-40(50)45(24-31(47)51-12-3)25-32(48)52-13-4)46-37(33)43-36(44-46)27-18-20-30(21-19-27)41(6,7)8/h18-21,26,28-29,35H,10-17,22-25H2,1-8H3,(H,43,44). The van der Waals surface area contributed by atoms with Crippen LogP contribution in [0.15, 0.2) is 24.3 Å². The minimum atomic E-state index is -1.13. The molecule has 1 fully saturated rings. The highest BCUT2D eigenvalue weighted by Gasteiger charge is 2.40. The van der Waals surface area contributed by atoms with Crippen molar-refractivity contribution in [2.24, 2.45) is 17.8 Å². The molecule has 13 nitrogen and oxygen atoms in total. The summed E-state index contributed by atoms with van der Waals surface area (Å²) in [5, 5.41) is 3.11. The topological polar surface area (TPSA) is 146 Å². The number of unbranched alkanes of at least 4 members (excludes halogenated alkanes) is 2. The van der Waals surface area contributed by atoms with Crippen molar-refractivity contribution in [1.29, 1.82) is 0 Å². The first kappa shape index (κ1) is 41.9. The second kappa shape index (κ2) is 18.9. The molecular weight excluding hydrogens is 690 g/mol. The zero-order valence-electron chi connectivity index (χ0n) is 33.2. The molecular formula is C41H57N5O8. The van der Waals surface area contributed by atoms with Crippen LogP contribution < -0.4 is 4.74 Å². The number of esters is 3. The number of fused-ring (bicyclic) bond motifs is 1. The molecule has 0 radical (unpaired) electrons. The van der Waals surface area contributed by atoms with Crippen LogP contribution in [0.5, 0.6) is 5.88 Å². The molecule has 0 aliphatic heterocycles. The molecule has 0 bridgehead atoms. The summed E-state index contributed by atoms with van der Waals surface area (Å²) in [5.74, 6) is -1.40. The van der Waals surface area contributed by atoms with E-state index in [4.69, 9.17) is 30.5 Å². The highest BCUT2D eigenvalue weighted by molar-refractivity contribution is 6.05. The van der Waals surface area contributed by atoms with Gasteiger partial charge in [0.25, 0.3) is 5.69 Å². The van der Waals surface area contributed by atoms with Crippen LogP contribution in [0.2, 0.25) is 0 Å². The Morgan fingerprint density at radius 2 is 1.48 bits per heavy atom. The average Bonchev–Trinajstić information content (AvgIpc) is 3.67. The monoisotopic (exact) mass is 747 g/mol. The second-order valence-electron chi connectivity index (χ2n) is 15.3. The van der Waals surface area contributed by atoms with Crippen LogP contribution in [0, 0.1) is 24.3 Å². The number of hydrogen-bond donors (Lipinski definition) is 1. The van der Waals surface area contributed by atoms with Crippen LogP contribution in [-0.2, 0) is 29.2 Å². The lowest BCUT2D eigenvalue weighted by atomic mass is 9.70. The van der Waals surface area contributed by atoms with Crippen LogP contribution in [0.25, 0.3) is 21.9 Å². The van der Waals surface area contributed by atoms with Gasteiger partial charge in [-0.2, -0.15) is 0 Å². The lowest BCUT2D eigenvalue weighted by molar-refractivity contribution is -0.147. The summed E-state index contributed by atoms with van der Waals surface area (Å²) in [5.41, 5.74) is 1.35. The molecule has 54 heavy (non-hydrogen) atoms. The summed E-state index contributed by atoms with van der Waals surface area (Å²) in [6.07, 6.45) is 6.34. The number of benzene rings is 1. The molecule has 13 heteroatoms. The van der Waals surface area contributed by atoms with Crippen molar-refractivity contribution in [2.45, 2.75) is 118 Å². The Labute approximate surface area is 318 Å². The van der Waals surface area contributed by atoms with Crippen LogP contribution in [0.1, 0.15) is 123 Å². The van der Waals surface area contributed by atoms with Gasteiger partial charge < -0.3 is 18.9 Å². The first-order valence-electron chi connectivity index (χ1n) is 19.4.